The summed E-state index contributed by atoms with van der Waals surface area (Å²) >= 11 is 0. The lowest BCUT2D eigenvalue weighted by molar-refractivity contribution is -0.143. The van der Waals surface area contributed by atoms with Gasteiger partial charge in [0.25, 0.3) is 0 Å². The summed E-state index contributed by atoms with van der Waals surface area (Å²) in [5.74, 6) is -0.0747. The van der Waals surface area contributed by atoms with Gasteiger partial charge in [0.1, 0.15) is 23.2 Å². The number of fused-ring (bicyclic) bond motifs is 2. The van der Waals surface area contributed by atoms with E-state index in [0.717, 1.165) is 46.3 Å². The van der Waals surface area contributed by atoms with E-state index < -0.39 is 0 Å². The van der Waals surface area contributed by atoms with Crippen molar-refractivity contribution in [3.05, 3.63) is 87.7 Å². The van der Waals surface area contributed by atoms with Gasteiger partial charge in [-0.3, -0.25) is 9.69 Å². The highest BCUT2D eigenvalue weighted by molar-refractivity contribution is 5.80. The van der Waals surface area contributed by atoms with Gasteiger partial charge in [-0.25, -0.2) is 9.07 Å². The summed E-state index contributed by atoms with van der Waals surface area (Å²) < 4.78 is 27.3. The molecule has 0 spiro atoms. The van der Waals surface area contributed by atoms with E-state index in [9.17, 15) is 9.18 Å². The Bertz CT molecular complexity index is 1530. The molecule has 40 heavy (non-hydrogen) atoms. The van der Waals surface area contributed by atoms with E-state index in [4.69, 9.17) is 9.47 Å². The van der Waals surface area contributed by atoms with E-state index in [0.29, 0.717) is 25.4 Å². The van der Waals surface area contributed by atoms with Crippen molar-refractivity contribution in [3.63, 3.8) is 0 Å². The Hall–Kier alpha value is -3.78. The lowest BCUT2D eigenvalue weighted by Crippen LogP contribution is -2.32. The lowest BCUT2D eigenvalue weighted by Gasteiger charge is -2.25. The van der Waals surface area contributed by atoms with E-state index in [-0.39, 0.29) is 30.2 Å². The summed E-state index contributed by atoms with van der Waals surface area (Å²) in [6.07, 6.45) is 1.04. The fourth-order valence-corrected chi connectivity index (χ4v) is 5.65. The van der Waals surface area contributed by atoms with Crippen LogP contribution in [0.2, 0.25) is 0 Å². The van der Waals surface area contributed by atoms with Crippen molar-refractivity contribution < 1.29 is 18.7 Å². The van der Waals surface area contributed by atoms with Crippen LogP contribution in [0.3, 0.4) is 0 Å². The van der Waals surface area contributed by atoms with Gasteiger partial charge in [0.2, 0.25) is 0 Å². The van der Waals surface area contributed by atoms with E-state index >= 15 is 0 Å². The second-order valence-electron chi connectivity index (χ2n) is 10.7. The molecule has 0 bridgehead atoms. The van der Waals surface area contributed by atoms with Gasteiger partial charge in [0, 0.05) is 44.2 Å². The number of aryl methyl sites for hydroxylation is 3. The minimum atomic E-state index is -0.284. The minimum absolute atomic E-state index is 0.0236. The first-order valence-electron chi connectivity index (χ1n) is 14.0. The molecule has 0 amide bonds. The number of carbonyl (C=O) groups excluding carboxylic acids is 1. The molecular weight excluding hydrogens is 507 g/mol. The van der Waals surface area contributed by atoms with Crippen LogP contribution in [0.25, 0.3) is 11.0 Å². The third-order valence-corrected chi connectivity index (χ3v) is 7.93. The van der Waals surface area contributed by atoms with Crippen LogP contribution in [-0.4, -0.2) is 45.1 Å². The number of hydrogen-bond acceptors (Lipinski definition) is 6. The molecule has 7 nitrogen and oxygen atoms in total. The number of halogens is 1. The van der Waals surface area contributed by atoms with Crippen LogP contribution >= 0.6 is 0 Å². The number of ether oxygens (including phenoxy) is 2. The van der Waals surface area contributed by atoms with Gasteiger partial charge >= 0.3 is 5.97 Å². The van der Waals surface area contributed by atoms with Crippen LogP contribution in [0.5, 0.6) is 5.75 Å². The fourth-order valence-electron chi connectivity index (χ4n) is 5.65. The molecule has 1 aliphatic rings. The second-order valence-corrected chi connectivity index (χ2v) is 10.7. The number of esters is 1. The van der Waals surface area contributed by atoms with Gasteiger partial charge in [0.15, 0.2) is 0 Å². The number of rotatable bonds is 8. The van der Waals surface area contributed by atoms with Crippen molar-refractivity contribution in [2.75, 3.05) is 13.2 Å². The molecule has 2 atom stereocenters. The smallest absolute Gasteiger partial charge is 0.306 e. The number of carbonyl (C=O) groups is 1. The Morgan fingerprint density at radius 3 is 2.75 bits per heavy atom. The summed E-state index contributed by atoms with van der Waals surface area (Å²) in [5, 5.41) is 8.57. The Labute approximate surface area is 234 Å². The van der Waals surface area contributed by atoms with Crippen molar-refractivity contribution >= 4 is 17.0 Å². The summed E-state index contributed by atoms with van der Waals surface area (Å²) in [7, 11) is 1.88. The van der Waals surface area contributed by atoms with Crippen LogP contribution in [0.1, 0.15) is 66.0 Å². The van der Waals surface area contributed by atoms with Gasteiger partial charge in [0.05, 0.1) is 18.5 Å². The zero-order valence-electron chi connectivity index (χ0n) is 23.9. The highest BCUT2D eigenvalue weighted by atomic mass is 19.1. The van der Waals surface area contributed by atoms with Gasteiger partial charge < -0.3 is 9.47 Å². The highest BCUT2D eigenvalue weighted by Gasteiger charge is 2.26. The molecule has 1 unspecified atom stereocenters. The van der Waals surface area contributed by atoms with Gasteiger partial charge in [-0.15, -0.1) is 5.10 Å². The molecule has 0 aliphatic carbocycles. The quantitative estimate of drug-likeness (QED) is 0.254. The normalized spacial score (nSPS) is 16.3. The van der Waals surface area contributed by atoms with Crippen molar-refractivity contribution in [3.8, 4) is 5.75 Å². The first-order chi connectivity index (χ1) is 19.3. The predicted molar refractivity (Wildman–Crippen MR) is 153 cm³/mol. The Morgan fingerprint density at radius 1 is 1.15 bits per heavy atom. The first-order valence-corrected chi connectivity index (χ1v) is 14.0. The number of hydrogen-bond donors (Lipinski definition) is 0. The van der Waals surface area contributed by atoms with Crippen LogP contribution < -0.4 is 4.74 Å². The molecule has 2 heterocycles. The zero-order chi connectivity index (χ0) is 28.4. The predicted octanol–water partition coefficient (Wildman–Crippen LogP) is 5.98. The van der Waals surface area contributed by atoms with E-state index in [1.165, 1.54) is 23.3 Å². The third kappa shape index (κ3) is 5.72. The summed E-state index contributed by atoms with van der Waals surface area (Å²) in [4.78, 5) is 15.2. The average molecular weight is 545 g/mol. The standard InChI is InChI=1S/C32H37FN4O3/c1-6-26-19-37(17-23-10-11-25(33)15-30(23)40-26)18-24-14-22(9-8-20(24)3)28(16-31(38)39-7-2)27-12-13-29-32(21(27)4)34-35-36(29)5/h8-15,26,28H,6-7,16-19H2,1-5H3/t26-,28?/m1/s1. The molecular formula is C32H37FN4O3. The number of nitrogens with zero attached hydrogens (tertiary/aromatic N) is 4. The van der Waals surface area contributed by atoms with Gasteiger partial charge in [-0.05, 0) is 67.1 Å². The van der Waals surface area contributed by atoms with E-state index in [2.05, 4.69) is 53.3 Å². The highest BCUT2D eigenvalue weighted by Crippen LogP contribution is 2.35. The van der Waals surface area contributed by atoms with Crippen molar-refractivity contribution in [1.82, 2.24) is 19.9 Å². The number of aromatic nitrogens is 3. The monoisotopic (exact) mass is 544 g/mol. The topological polar surface area (TPSA) is 69.5 Å². The second kappa shape index (κ2) is 11.8. The van der Waals surface area contributed by atoms with Crippen LogP contribution in [0, 0.1) is 19.7 Å². The largest absolute Gasteiger partial charge is 0.489 e. The molecule has 0 fully saturated rings. The van der Waals surface area contributed by atoms with E-state index in [1.54, 1.807) is 4.68 Å². The molecule has 1 aromatic heterocycles. The van der Waals surface area contributed by atoms with E-state index in [1.807, 2.05) is 33.0 Å². The maximum Gasteiger partial charge on any atom is 0.306 e. The van der Waals surface area contributed by atoms with Crippen molar-refractivity contribution in [2.45, 2.75) is 65.6 Å². The summed E-state index contributed by atoms with van der Waals surface area (Å²) in [5.41, 5.74) is 8.26. The number of benzene rings is 3. The van der Waals surface area contributed by atoms with Gasteiger partial charge in [-0.1, -0.05) is 42.5 Å². The molecule has 5 rings (SSSR count). The first kappa shape index (κ1) is 27.8. The minimum Gasteiger partial charge on any atom is -0.489 e. The third-order valence-electron chi connectivity index (χ3n) is 7.93. The summed E-state index contributed by atoms with van der Waals surface area (Å²) in [6.45, 7) is 10.5. The lowest BCUT2D eigenvalue weighted by atomic mass is 9.84. The Balaban J connectivity index is 1.50. The summed E-state index contributed by atoms with van der Waals surface area (Å²) in [6, 6.07) is 15.4. The zero-order valence-corrected chi connectivity index (χ0v) is 23.9. The SMILES string of the molecule is CCOC(=O)CC(c1ccc(C)c(CN2Cc3ccc(F)cc3O[C@H](CC)C2)c1)c1ccc2c(nnn2C)c1C. The van der Waals surface area contributed by atoms with Crippen molar-refractivity contribution in [1.29, 1.82) is 0 Å². The van der Waals surface area contributed by atoms with Crippen LogP contribution in [0.4, 0.5) is 4.39 Å². The maximum atomic E-state index is 13.9. The van der Waals surface area contributed by atoms with Gasteiger partial charge in [-0.2, -0.15) is 0 Å². The molecule has 0 saturated heterocycles. The molecule has 0 N–H and O–H groups in total. The van der Waals surface area contributed by atoms with Crippen LogP contribution in [-0.2, 0) is 29.7 Å². The molecule has 8 heteroatoms. The Kier molecular flexibility index (Phi) is 8.17. The molecule has 1 aliphatic heterocycles. The molecule has 3 aromatic carbocycles. The average Bonchev–Trinajstić information content (AvgIpc) is 3.21. The molecule has 210 valence electrons. The fraction of sp³-hybridized carbons (Fsp3) is 0.406. The van der Waals surface area contributed by atoms with Crippen molar-refractivity contribution in [2.24, 2.45) is 7.05 Å². The van der Waals surface area contributed by atoms with Crippen LogP contribution in [0.15, 0.2) is 48.5 Å². The molecule has 4 aromatic rings. The molecule has 0 saturated carbocycles. The molecule has 0 radical (unpaired) electrons. The maximum absolute atomic E-state index is 13.9. The Morgan fingerprint density at radius 2 is 1.98 bits per heavy atom.